The number of unbranched alkanes of at least 4 members (excludes halogenated alkanes) is 3. The fourth-order valence-corrected chi connectivity index (χ4v) is 1.71. The van der Waals surface area contributed by atoms with E-state index < -0.39 is 5.97 Å². The summed E-state index contributed by atoms with van der Waals surface area (Å²) in [6, 6.07) is 3.26. The molecule has 1 N–H and O–H groups in total. The molecule has 1 aromatic heterocycles. The van der Waals surface area contributed by atoms with Crippen molar-refractivity contribution in [2.75, 3.05) is 6.61 Å². The maximum Gasteiger partial charge on any atom is 0.360 e. The number of hydrogen-bond acceptors (Lipinski definition) is 4. The van der Waals surface area contributed by atoms with Crippen LogP contribution in [0.3, 0.4) is 0 Å². The van der Waals surface area contributed by atoms with Gasteiger partial charge in [-0.05, 0) is 31.9 Å². The van der Waals surface area contributed by atoms with Crippen LogP contribution in [0.2, 0.25) is 0 Å². The highest BCUT2D eigenvalue weighted by molar-refractivity contribution is 5.90. The zero-order valence-corrected chi connectivity index (χ0v) is 11.1. The molecule has 0 spiro atoms. The normalized spacial score (nSPS) is 10.3. The van der Waals surface area contributed by atoms with Gasteiger partial charge in [0.2, 0.25) is 0 Å². The Morgan fingerprint density at radius 2 is 2.06 bits per heavy atom. The van der Waals surface area contributed by atoms with Gasteiger partial charge in [-0.15, -0.1) is 0 Å². The molecular formula is C14H21NO3. The van der Waals surface area contributed by atoms with E-state index in [9.17, 15) is 9.90 Å². The van der Waals surface area contributed by atoms with Gasteiger partial charge in [0.25, 0.3) is 0 Å². The van der Waals surface area contributed by atoms with Crippen molar-refractivity contribution in [1.29, 1.82) is 0 Å². The van der Waals surface area contributed by atoms with Crippen molar-refractivity contribution >= 4 is 5.97 Å². The van der Waals surface area contributed by atoms with Crippen LogP contribution in [0.1, 0.15) is 55.7 Å². The van der Waals surface area contributed by atoms with E-state index in [0.717, 1.165) is 25.0 Å². The molecule has 0 amide bonds. The fraction of sp³-hybridized carbons (Fsp3) is 0.571. The van der Waals surface area contributed by atoms with Crippen LogP contribution in [0, 0.1) is 0 Å². The molecule has 0 aliphatic carbocycles. The van der Waals surface area contributed by atoms with Crippen LogP contribution >= 0.6 is 0 Å². The third kappa shape index (κ3) is 4.35. The summed E-state index contributed by atoms with van der Waals surface area (Å²) >= 11 is 0. The summed E-state index contributed by atoms with van der Waals surface area (Å²) in [7, 11) is 0. The number of pyridine rings is 1. The molecule has 0 aliphatic heterocycles. The van der Waals surface area contributed by atoms with Crippen molar-refractivity contribution in [3.05, 3.63) is 23.5 Å². The molecule has 0 bridgehead atoms. The summed E-state index contributed by atoms with van der Waals surface area (Å²) in [5.41, 5.74) is 0.844. The minimum atomic E-state index is -0.564. The molecule has 0 saturated carbocycles. The molecule has 0 aliphatic rings. The van der Waals surface area contributed by atoms with Gasteiger partial charge < -0.3 is 9.84 Å². The van der Waals surface area contributed by atoms with E-state index in [4.69, 9.17) is 4.74 Å². The standard InChI is InChI=1S/C14H21NO3/c1-3-5-6-7-8-11-9-10-12(16)13(15-11)14(17)18-4-2/h9-10,16H,3-8H2,1-2H3. The number of aromatic hydroxyl groups is 1. The first-order chi connectivity index (χ1) is 8.69. The van der Waals surface area contributed by atoms with Crippen LogP contribution in [-0.4, -0.2) is 22.7 Å². The number of aryl methyl sites for hydroxylation is 1. The number of hydrogen-bond donors (Lipinski definition) is 1. The number of rotatable bonds is 7. The average molecular weight is 251 g/mol. The Labute approximate surface area is 108 Å². The lowest BCUT2D eigenvalue weighted by Crippen LogP contribution is -2.08. The van der Waals surface area contributed by atoms with E-state index in [-0.39, 0.29) is 18.1 Å². The van der Waals surface area contributed by atoms with Crippen LogP contribution in [0.15, 0.2) is 12.1 Å². The SMILES string of the molecule is CCCCCCc1ccc(O)c(C(=O)OCC)n1. The molecule has 0 unspecified atom stereocenters. The Kier molecular flexibility index (Phi) is 6.19. The van der Waals surface area contributed by atoms with Gasteiger partial charge in [0.1, 0.15) is 5.75 Å². The second-order valence-corrected chi connectivity index (χ2v) is 4.20. The monoisotopic (exact) mass is 251 g/mol. The Bertz CT molecular complexity index is 391. The minimum absolute atomic E-state index is 0.0184. The predicted octanol–water partition coefficient (Wildman–Crippen LogP) is 3.09. The summed E-state index contributed by atoms with van der Waals surface area (Å²) < 4.78 is 4.85. The molecule has 1 aromatic rings. The lowest BCUT2D eigenvalue weighted by atomic mass is 10.1. The second kappa shape index (κ2) is 7.69. The second-order valence-electron chi connectivity index (χ2n) is 4.20. The Hall–Kier alpha value is -1.58. The maximum absolute atomic E-state index is 11.5. The van der Waals surface area contributed by atoms with E-state index in [0.29, 0.717) is 0 Å². The Morgan fingerprint density at radius 1 is 1.28 bits per heavy atom. The number of esters is 1. The van der Waals surface area contributed by atoms with Crippen molar-refractivity contribution in [2.24, 2.45) is 0 Å². The first-order valence-electron chi connectivity index (χ1n) is 6.55. The summed E-state index contributed by atoms with van der Waals surface area (Å²) in [4.78, 5) is 15.7. The van der Waals surface area contributed by atoms with E-state index in [2.05, 4.69) is 11.9 Å². The number of nitrogens with zero attached hydrogens (tertiary/aromatic N) is 1. The average Bonchev–Trinajstić information content (AvgIpc) is 2.36. The van der Waals surface area contributed by atoms with Crippen LogP contribution in [0.5, 0.6) is 5.75 Å². The van der Waals surface area contributed by atoms with E-state index in [1.807, 2.05) is 0 Å². The van der Waals surface area contributed by atoms with Crippen molar-refractivity contribution in [2.45, 2.75) is 46.0 Å². The lowest BCUT2D eigenvalue weighted by Gasteiger charge is -2.06. The van der Waals surface area contributed by atoms with Crippen LogP contribution in [0.25, 0.3) is 0 Å². The molecular weight excluding hydrogens is 230 g/mol. The number of ether oxygens (including phenoxy) is 1. The molecule has 100 valence electrons. The maximum atomic E-state index is 11.5. The largest absolute Gasteiger partial charge is 0.505 e. The molecule has 0 saturated heterocycles. The zero-order chi connectivity index (χ0) is 13.4. The Morgan fingerprint density at radius 3 is 2.72 bits per heavy atom. The van der Waals surface area contributed by atoms with Gasteiger partial charge in [-0.25, -0.2) is 9.78 Å². The van der Waals surface area contributed by atoms with E-state index in [1.165, 1.54) is 18.9 Å². The third-order valence-corrected chi connectivity index (χ3v) is 2.69. The molecule has 0 atom stereocenters. The first kappa shape index (κ1) is 14.5. The summed E-state index contributed by atoms with van der Waals surface area (Å²) in [5.74, 6) is -0.684. The van der Waals surface area contributed by atoms with Crippen molar-refractivity contribution in [3.63, 3.8) is 0 Å². The van der Waals surface area contributed by atoms with Gasteiger partial charge in [-0.2, -0.15) is 0 Å². The number of aromatic nitrogens is 1. The van der Waals surface area contributed by atoms with E-state index >= 15 is 0 Å². The van der Waals surface area contributed by atoms with Crippen molar-refractivity contribution in [1.82, 2.24) is 4.98 Å². The van der Waals surface area contributed by atoms with Crippen molar-refractivity contribution < 1.29 is 14.6 Å². The third-order valence-electron chi connectivity index (χ3n) is 2.69. The molecule has 4 heteroatoms. The van der Waals surface area contributed by atoms with Crippen molar-refractivity contribution in [3.8, 4) is 5.75 Å². The summed E-state index contributed by atoms with van der Waals surface area (Å²) in [6.45, 7) is 4.17. The zero-order valence-electron chi connectivity index (χ0n) is 11.1. The van der Waals surface area contributed by atoms with Crippen LogP contribution < -0.4 is 0 Å². The molecule has 18 heavy (non-hydrogen) atoms. The first-order valence-corrected chi connectivity index (χ1v) is 6.55. The fourth-order valence-electron chi connectivity index (χ4n) is 1.71. The molecule has 1 heterocycles. The van der Waals surface area contributed by atoms with E-state index in [1.54, 1.807) is 13.0 Å². The van der Waals surface area contributed by atoms with Gasteiger partial charge >= 0.3 is 5.97 Å². The highest BCUT2D eigenvalue weighted by atomic mass is 16.5. The van der Waals surface area contributed by atoms with Gasteiger partial charge in [0.05, 0.1) is 6.61 Å². The number of carbonyl (C=O) groups is 1. The molecule has 4 nitrogen and oxygen atoms in total. The van der Waals surface area contributed by atoms with Crippen LogP contribution in [-0.2, 0) is 11.2 Å². The smallest absolute Gasteiger partial charge is 0.360 e. The Balaban J connectivity index is 2.65. The summed E-state index contributed by atoms with van der Waals surface area (Å²) in [6.07, 6.45) is 5.44. The molecule has 0 radical (unpaired) electrons. The quantitative estimate of drug-likeness (QED) is 0.597. The molecule has 0 fully saturated rings. The summed E-state index contributed by atoms with van der Waals surface area (Å²) in [5, 5.41) is 9.58. The molecule has 1 rings (SSSR count). The highest BCUT2D eigenvalue weighted by Crippen LogP contribution is 2.17. The number of carbonyl (C=O) groups excluding carboxylic acids is 1. The highest BCUT2D eigenvalue weighted by Gasteiger charge is 2.14. The van der Waals surface area contributed by atoms with Gasteiger partial charge in [-0.3, -0.25) is 0 Å². The van der Waals surface area contributed by atoms with Gasteiger partial charge in [0.15, 0.2) is 5.69 Å². The van der Waals surface area contributed by atoms with Gasteiger partial charge in [0, 0.05) is 5.69 Å². The van der Waals surface area contributed by atoms with Gasteiger partial charge in [-0.1, -0.05) is 26.2 Å². The van der Waals surface area contributed by atoms with Crippen LogP contribution in [0.4, 0.5) is 0 Å². The topological polar surface area (TPSA) is 59.4 Å². The molecule has 0 aromatic carbocycles. The minimum Gasteiger partial charge on any atom is -0.505 e. The lowest BCUT2D eigenvalue weighted by molar-refractivity contribution is 0.0515. The predicted molar refractivity (Wildman–Crippen MR) is 69.7 cm³/mol.